The molecule has 1 aliphatic heterocycles. The number of ketones is 1. The highest BCUT2D eigenvalue weighted by atomic mass is 19.4. The molecule has 0 spiro atoms. The van der Waals surface area contributed by atoms with Gasteiger partial charge in [-0.3, -0.25) is 9.59 Å². The van der Waals surface area contributed by atoms with Crippen LogP contribution >= 0.6 is 0 Å². The molecule has 10 heteroatoms. The minimum atomic E-state index is -4.52. The number of alkyl halides is 3. The van der Waals surface area contributed by atoms with Gasteiger partial charge in [-0.05, 0) is 42.9 Å². The smallest absolute Gasteiger partial charge is 0.416 e. The number of Topliss-reactive ketones (excluding diaryl/α,β-unsaturated/α-hetero) is 1. The van der Waals surface area contributed by atoms with Crippen molar-refractivity contribution in [2.75, 3.05) is 13.7 Å². The van der Waals surface area contributed by atoms with E-state index in [2.05, 4.69) is 5.32 Å². The van der Waals surface area contributed by atoms with E-state index >= 15 is 0 Å². The molecule has 1 saturated carbocycles. The first-order valence-corrected chi connectivity index (χ1v) is 14.8. The zero-order chi connectivity index (χ0) is 31.5. The van der Waals surface area contributed by atoms with Crippen molar-refractivity contribution in [3.63, 3.8) is 0 Å². The SMILES string of the molecule is CCOC(=O)[C@@H]1[C@@H](C(C)(C)C)[C@H](NCc2ccc(C(F)(F)F)cc2OC)[C@H](c2ccccc2)N1C(=O)[C@@H]1CCCC(=O)C1. The van der Waals surface area contributed by atoms with Crippen LogP contribution in [0.5, 0.6) is 5.75 Å². The molecule has 4 rings (SSSR count). The van der Waals surface area contributed by atoms with E-state index in [4.69, 9.17) is 9.47 Å². The lowest BCUT2D eigenvalue weighted by Crippen LogP contribution is -2.50. The third kappa shape index (κ3) is 7.06. The summed E-state index contributed by atoms with van der Waals surface area (Å²) in [5, 5.41) is 3.53. The predicted molar refractivity (Wildman–Crippen MR) is 155 cm³/mol. The quantitative estimate of drug-likeness (QED) is 0.367. The third-order valence-corrected chi connectivity index (χ3v) is 8.56. The Bertz CT molecular complexity index is 1310. The molecule has 2 aromatic carbocycles. The molecule has 1 heterocycles. The van der Waals surface area contributed by atoms with Crippen LogP contribution in [0.4, 0.5) is 13.2 Å². The Morgan fingerprint density at radius 1 is 1.07 bits per heavy atom. The van der Waals surface area contributed by atoms with Gasteiger partial charge in [0.2, 0.25) is 5.91 Å². The maximum absolute atomic E-state index is 14.4. The zero-order valence-electron chi connectivity index (χ0n) is 25.4. The number of amides is 1. The van der Waals surface area contributed by atoms with Crippen molar-refractivity contribution in [1.82, 2.24) is 10.2 Å². The number of carbonyl (C=O) groups excluding carboxylic acids is 3. The van der Waals surface area contributed by atoms with E-state index in [0.717, 1.165) is 17.7 Å². The van der Waals surface area contributed by atoms with Crippen LogP contribution in [0.25, 0.3) is 0 Å². The number of benzene rings is 2. The first kappa shape index (κ1) is 32.5. The molecule has 0 aromatic heterocycles. The lowest BCUT2D eigenvalue weighted by molar-refractivity contribution is -0.159. The van der Waals surface area contributed by atoms with Crippen LogP contribution in [0.1, 0.15) is 76.1 Å². The fourth-order valence-corrected chi connectivity index (χ4v) is 6.68. The standard InChI is InChI=1S/C33H41F3N2O5/c1-6-43-31(41)29-26(32(2,3)4)27(37-19-22-15-16-23(33(34,35)36)18-25(22)42-5)28(20-11-8-7-9-12-20)38(29)30(40)21-13-10-14-24(39)17-21/h7-9,11-12,15-16,18,21,26-29,37H,6,10,13-14,17,19H2,1-5H3/t21-,26+,27+,28+,29+/m1/s1. The van der Waals surface area contributed by atoms with E-state index in [1.54, 1.807) is 11.8 Å². The first-order valence-electron chi connectivity index (χ1n) is 14.8. The van der Waals surface area contributed by atoms with Crippen LogP contribution in [-0.4, -0.2) is 48.4 Å². The summed E-state index contributed by atoms with van der Waals surface area (Å²) >= 11 is 0. The highest BCUT2D eigenvalue weighted by Crippen LogP contribution is 2.49. The number of rotatable bonds is 8. The number of methoxy groups -OCH3 is 1. The molecule has 1 amide bonds. The van der Waals surface area contributed by atoms with Crippen molar-refractivity contribution in [2.45, 2.75) is 84.2 Å². The topological polar surface area (TPSA) is 84.9 Å². The number of hydrogen-bond acceptors (Lipinski definition) is 6. The minimum absolute atomic E-state index is 0.0317. The van der Waals surface area contributed by atoms with Crippen molar-refractivity contribution >= 4 is 17.7 Å². The van der Waals surface area contributed by atoms with E-state index in [9.17, 15) is 27.6 Å². The Hall–Kier alpha value is -3.40. The molecular weight excluding hydrogens is 561 g/mol. The van der Waals surface area contributed by atoms with Gasteiger partial charge in [0.1, 0.15) is 17.6 Å². The molecule has 1 N–H and O–H groups in total. The van der Waals surface area contributed by atoms with E-state index < -0.39 is 53.1 Å². The number of nitrogens with one attached hydrogen (secondary N) is 1. The van der Waals surface area contributed by atoms with Gasteiger partial charge in [-0.1, -0.05) is 57.2 Å². The lowest BCUT2D eigenvalue weighted by atomic mass is 9.72. The summed E-state index contributed by atoms with van der Waals surface area (Å²) in [6, 6.07) is 10.7. The molecule has 1 saturated heterocycles. The highest BCUT2D eigenvalue weighted by Gasteiger charge is 2.59. The molecular formula is C33H41F3N2O5. The number of ether oxygens (including phenoxy) is 2. The van der Waals surface area contributed by atoms with E-state index in [0.29, 0.717) is 24.8 Å². The summed E-state index contributed by atoms with van der Waals surface area (Å²) in [5.41, 5.74) is -0.0184. The first-order chi connectivity index (χ1) is 20.3. The van der Waals surface area contributed by atoms with Crippen LogP contribution < -0.4 is 10.1 Å². The van der Waals surface area contributed by atoms with E-state index in [-0.39, 0.29) is 37.0 Å². The number of likely N-dealkylation sites (tertiary alicyclic amines) is 1. The van der Waals surface area contributed by atoms with Gasteiger partial charge in [0.25, 0.3) is 0 Å². The van der Waals surface area contributed by atoms with Crippen molar-refractivity contribution < 1.29 is 37.0 Å². The molecule has 2 aliphatic rings. The number of carbonyl (C=O) groups is 3. The second-order valence-electron chi connectivity index (χ2n) is 12.5. The molecule has 2 fully saturated rings. The summed E-state index contributed by atoms with van der Waals surface area (Å²) in [5.74, 6) is -1.65. The van der Waals surface area contributed by atoms with Crippen LogP contribution in [-0.2, 0) is 31.8 Å². The van der Waals surface area contributed by atoms with Gasteiger partial charge in [-0.2, -0.15) is 13.2 Å². The fourth-order valence-electron chi connectivity index (χ4n) is 6.68. The normalized spacial score (nSPS) is 24.6. The summed E-state index contributed by atoms with van der Waals surface area (Å²) in [4.78, 5) is 42.2. The lowest BCUT2D eigenvalue weighted by Gasteiger charge is -2.36. The zero-order valence-corrected chi connectivity index (χ0v) is 25.4. The Morgan fingerprint density at radius 3 is 2.35 bits per heavy atom. The largest absolute Gasteiger partial charge is 0.496 e. The molecule has 0 bridgehead atoms. The van der Waals surface area contributed by atoms with Gasteiger partial charge in [-0.15, -0.1) is 0 Å². The molecule has 0 unspecified atom stereocenters. The van der Waals surface area contributed by atoms with Crippen molar-refractivity contribution in [3.8, 4) is 5.75 Å². The maximum atomic E-state index is 14.4. The summed E-state index contributed by atoms with van der Waals surface area (Å²) in [6.45, 7) is 7.97. The Morgan fingerprint density at radius 2 is 1.77 bits per heavy atom. The van der Waals surface area contributed by atoms with Crippen molar-refractivity contribution in [1.29, 1.82) is 0 Å². The van der Waals surface area contributed by atoms with Gasteiger partial charge in [0.15, 0.2) is 0 Å². The summed E-state index contributed by atoms with van der Waals surface area (Å²) < 4.78 is 51.1. The molecule has 1 aliphatic carbocycles. The van der Waals surface area contributed by atoms with Crippen molar-refractivity contribution in [3.05, 3.63) is 65.2 Å². The fraction of sp³-hybridized carbons (Fsp3) is 0.545. The second kappa shape index (κ2) is 13.1. The van der Waals surface area contributed by atoms with Crippen LogP contribution in [0, 0.1) is 17.3 Å². The number of halogens is 3. The highest BCUT2D eigenvalue weighted by molar-refractivity contribution is 5.91. The van der Waals surface area contributed by atoms with Crippen LogP contribution in [0.2, 0.25) is 0 Å². The molecule has 5 atom stereocenters. The second-order valence-corrected chi connectivity index (χ2v) is 12.5. The van der Waals surface area contributed by atoms with E-state index in [1.807, 2.05) is 51.1 Å². The van der Waals surface area contributed by atoms with Gasteiger partial charge in [0, 0.05) is 42.8 Å². The van der Waals surface area contributed by atoms with Gasteiger partial charge >= 0.3 is 12.1 Å². The van der Waals surface area contributed by atoms with Crippen LogP contribution in [0.3, 0.4) is 0 Å². The Balaban J connectivity index is 1.82. The van der Waals surface area contributed by atoms with Gasteiger partial charge in [-0.25, -0.2) is 4.79 Å². The van der Waals surface area contributed by atoms with Crippen molar-refractivity contribution in [2.24, 2.45) is 17.3 Å². The van der Waals surface area contributed by atoms with Crippen LogP contribution in [0.15, 0.2) is 48.5 Å². The van der Waals surface area contributed by atoms with E-state index in [1.165, 1.54) is 13.2 Å². The Labute approximate surface area is 251 Å². The minimum Gasteiger partial charge on any atom is -0.496 e. The molecule has 7 nitrogen and oxygen atoms in total. The summed E-state index contributed by atoms with van der Waals surface area (Å²) in [6.07, 6.45) is -2.78. The monoisotopic (exact) mass is 602 g/mol. The Kier molecular flexibility index (Phi) is 9.89. The molecule has 234 valence electrons. The molecule has 0 radical (unpaired) electrons. The average Bonchev–Trinajstić information content (AvgIpc) is 3.31. The number of hydrogen-bond donors (Lipinski definition) is 1. The molecule has 43 heavy (non-hydrogen) atoms. The number of esters is 1. The number of nitrogens with zero attached hydrogens (tertiary/aromatic N) is 1. The van der Waals surface area contributed by atoms with Gasteiger partial charge in [0.05, 0.1) is 25.3 Å². The maximum Gasteiger partial charge on any atom is 0.416 e. The molecule has 2 aromatic rings. The summed E-state index contributed by atoms with van der Waals surface area (Å²) in [7, 11) is 1.32. The predicted octanol–water partition coefficient (Wildman–Crippen LogP) is 6.11. The average molecular weight is 603 g/mol. The van der Waals surface area contributed by atoms with Gasteiger partial charge < -0.3 is 19.7 Å². The third-order valence-electron chi connectivity index (χ3n) is 8.56.